The van der Waals surface area contributed by atoms with Gasteiger partial charge in [-0.3, -0.25) is 9.69 Å². The van der Waals surface area contributed by atoms with Gasteiger partial charge in [-0.15, -0.1) is 0 Å². The summed E-state index contributed by atoms with van der Waals surface area (Å²) < 4.78 is 46.4. The first-order valence-corrected chi connectivity index (χ1v) is 12.6. The van der Waals surface area contributed by atoms with Gasteiger partial charge in [-0.1, -0.05) is 18.2 Å². The molecule has 1 unspecified atom stereocenters. The van der Waals surface area contributed by atoms with Crippen molar-refractivity contribution in [1.29, 1.82) is 0 Å². The molecule has 2 aliphatic rings. The van der Waals surface area contributed by atoms with Crippen LogP contribution in [0.5, 0.6) is 5.75 Å². The van der Waals surface area contributed by atoms with Crippen molar-refractivity contribution in [2.24, 2.45) is 5.73 Å². The number of rotatable bonds is 5. The van der Waals surface area contributed by atoms with E-state index in [-0.39, 0.29) is 35.8 Å². The molecule has 0 spiro atoms. The van der Waals surface area contributed by atoms with Crippen molar-refractivity contribution in [3.8, 4) is 5.75 Å². The van der Waals surface area contributed by atoms with Crippen molar-refractivity contribution in [2.45, 2.75) is 48.8 Å². The Labute approximate surface area is 197 Å². The fourth-order valence-corrected chi connectivity index (χ4v) is 5.80. The molecule has 1 aliphatic carbocycles. The summed E-state index contributed by atoms with van der Waals surface area (Å²) in [6.45, 7) is -0.156. The van der Waals surface area contributed by atoms with Gasteiger partial charge in [0.2, 0.25) is 10.0 Å². The molecule has 2 aromatic rings. The van der Waals surface area contributed by atoms with Crippen LogP contribution in [0.25, 0.3) is 0 Å². The summed E-state index contributed by atoms with van der Waals surface area (Å²) in [4.78, 5) is 27.2. The lowest BCUT2D eigenvalue weighted by molar-refractivity contribution is -0.128. The van der Waals surface area contributed by atoms with Crippen LogP contribution in [0, 0.1) is 5.82 Å². The molecule has 2 aromatic carbocycles. The zero-order valence-corrected chi connectivity index (χ0v) is 19.3. The number of ether oxygens (including phenoxy) is 1. The van der Waals surface area contributed by atoms with Gasteiger partial charge in [-0.05, 0) is 62.1 Å². The van der Waals surface area contributed by atoms with Gasteiger partial charge in [0.1, 0.15) is 11.6 Å². The number of hydrogen-bond donors (Lipinski definition) is 2. The molecule has 9 nitrogen and oxygen atoms in total. The summed E-state index contributed by atoms with van der Waals surface area (Å²) in [6, 6.07) is 12.5. The number of hydrogen-bond acceptors (Lipinski definition) is 6. The smallest absolute Gasteiger partial charge is 0.410 e. The molecule has 4 rings (SSSR count). The number of carbonyl (C=O) groups excluding carboxylic acids is 2. The van der Waals surface area contributed by atoms with Crippen LogP contribution in [-0.4, -0.2) is 61.0 Å². The van der Waals surface area contributed by atoms with Crippen LogP contribution >= 0.6 is 0 Å². The molecule has 2 fully saturated rings. The van der Waals surface area contributed by atoms with E-state index in [2.05, 4.69) is 5.32 Å². The van der Waals surface area contributed by atoms with Crippen molar-refractivity contribution in [3.63, 3.8) is 0 Å². The van der Waals surface area contributed by atoms with Gasteiger partial charge in [0.15, 0.2) is 6.17 Å². The Kier molecular flexibility index (Phi) is 7.15. The van der Waals surface area contributed by atoms with E-state index in [9.17, 15) is 22.4 Å². The predicted molar refractivity (Wildman–Crippen MR) is 122 cm³/mol. The SMILES string of the molecule is NC1CCC(NC(=O)C2N(C(=O)Oc3ccccc3)CCN2S(=O)(=O)c2ccc(F)cc2)CC1. The summed E-state index contributed by atoms with van der Waals surface area (Å²) in [7, 11) is -4.20. The highest BCUT2D eigenvalue weighted by Crippen LogP contribution is 2.27. The summed E-state index contributed by atoms with van der Waals surface area (Å²) in [5.41, 5.74) is 5.94. The van der Waals surface area contributed by atoms with Gasteiger partial charge in [0, 0.05) is 25.2 Å². The van der Waals surface area contributed by atoms with Crippen LogP contribution in [-0.2, 0) is 14.8 Å². The quantitative estimate of drug-likeness (QED) is 0.662. The van der Waals surface area contributed by atoms with E-state index in [1.165, 1.54) is 0 Å². The number of nitrogens with two attached hydrogens (primary N) is 1. The normalized spacial score (nSPS) is 23.5. The minimum absolute atomic E-state index is 0.0419. The Morgan fingerprint density at radius 3 is 2.26 bits per heavy atom. The second-order valence-corrected chi connectivity index (χ2v) is 10.3. The van der Waals surface area contributed by atoms with Gasteiger partial charge in [-0.2, -0.15) is 4.31 Å². The second-order valence-electron chi connectivity index (χ2n) is 8.44. The van der Waals surface area contributed by atoms with E-state index in [0.717, 1.165) is 46.3 Å². The highest BCUT2D eigenvalue weighted by Gasteiger charge is 2.47. The van der Waals surface area contributed by atoms with Crippen LogP contribution in [0.3, 0.4) is 0 Å². The first-order valence-electron chi connectivity index (χ1n) is 11.1. The van der Waals surface area contributed by atoms with Crippen molar-refractivity contribution in [2.75, 3.05) is 13.1 Å². The molecule has 11 heteroatoms. The van der Waals surface area contributed by atoms with Crippen LogP contribution in [0.1, 0.15) is 25.7 Å². The maximum Gasteiger partial charge on any atom is 0.417 e. The third-order valence-corrected chi connectivity index (χ3v) is 7.95. The third-order valence-electron chi connectivity index (χ3n) is 6.09. The van der Waals surface area contributed by atoms with Crippen LogP contribution < -0.4 is 15.8 Å². The molecule has 3 N–H and O–H groups in total. The highest BCUT2D eigenvalue weighted by atomic mass is 32.2. The lowest BCUT2D eigenvalue weighted by atomic mass is 9.92. The highest BCUT2D eigenvalue weighted by molar-refractivity contribution is 7.89. The molecule has 0 aromatic heterocycles. The van der Waals surface area contributed by atoms with E-state index in [1.807, 2.05) is 0 Å². The largest absolute Gasteiger partial charge is 0.417 e. The predicted octanol–water partition coefficient (Wildman–Crippen LogP) is 2.04. The molecule has 1 saturated carbocycles. The summed E-state index contributed by atoms with van der Waals surface area (Å²) in [5.74, 6) is -0.931. The zero-order chi connectivity index (χ0) is 24.3. The van der Waals surface area contributed by atoms with Crippen molar-refractivity contribution in [3.05, 3.63) is 60.4 Å². The fourth-order valence-electron chi connectivity index (χ4n) is 4.25. The minimum atomic E-state index is -4.20. The Balaban J connectivity index is 1.60. The number of sulfonamides is 1. The number of halogens is 1. The van der Waals surface area contributed by atoms with E-state index in [4.69, 9.17) is 10.5 Å². The average Bonchev–Trinajstić information content (AvgIpc) is 3.28. The Morgan fingerprint density at radius 2 is 1.62 bits per heavy atom. The monoisotopic (exact) mass is 490 g/mol. The van der Waals surface area contributed by atoms with Gasteiger partial charge in [0.05, 0.1) is 4.90 Å². The van der Waals surface area contributed by atoms with E-state index < -0.39 is 34.0 Å². The topological polar surface area (TPSA) is 122 Å². The standard InChI is InChI=1S/C23H27FN4O5S/c24-16-6-12-20(13-7-16)34(31,32)28-15-14-27(23(30)33-19-4-2-1-3-5-19)22(28)21(29)26-18-10-8-17(25)9-11-18/h1-7,12-13,17-18,22H,8-11,14-15,25H2,(H,26,29). The van der Waals surface area contributed by atoms with E-state index in [0.29, 0.717) is 12.8 Å². The first kappa shape index (κ1) is 24.1. The second kappa shape index (κ2) is 10.1. The number of amides is 2. The van der Waals surface area contributed by atoms with Crippen molar-refractivity contribution in [1.82, 2.24) is 14.5 Å². The summed E-state index contributed by atoms with van der Waals surface area (Å²) in [5, 5.41) is 2.88. The molecular formula is C23H27FN4O5S. The summed E-state index contributed by atoms with van der Waals surface area (Å²) >= 11 is 0. The van der Waals surface area contributed by atoms with Crippen LogP contribution in [0.4, 0.5) is 9.18 Å². The molecule has 1 saturated heterocycles. The zero-order valence-electron chi connectivity index (χ0n) is 18.5. The van der Waals surface area contributed by atoms with E-state index >= 15 is 0 Å². The molecule has 0 bridgehead atoms. The molecule has 1 atom stereocenters. The number of nitrogens with one attached hydrogen (secondary N) is 1. The molecular weight excluding hydrogens is 463 g/mol. The fraction of sp³-hybridized carbons (Fsp3) is 0.391. The van der Waals surface area contributed by atoms with Crippen LogP contribution in [0.15, 0.2) is 59.5 Å². The van der Waals surface area contributed by atoms with Crippen molar-refractivity contribution < 1.29 is 27.1 Å². The van der Waals surface area contributed by atoms with Gasteiger partial charge in [-0.25, -0.2) is 17.6 Å². The molecule has 34 heavy (non-hydrogen) atoms. The average molecular weight is 491 g/mol. The Hall–Kier alpha value is -3.02. The number of para-hydroxylation sites is 1. The first-order chi connectivity index (χ1) is 16.3. The number of nitrogens with zero attached hydrogens (tertiary/aromatic N) is 2. The summed E-state index contributed by atoms with van der Waals surface area (Å²) in [6.07, 6.45) is 0.535. The lowest BCUT2D eigenvalue weighted by Crippen LogP contribution is -2.56. The van der Waals surface area contributed by atoms with E-state index in [1.54, 1.807) is 30.3 Å². The molecule has 1 heterocycles. The molecule has 0 radical (unpaired) electrons. The lowest BCUT2D eigenvalue weighted by Gasteiger charge is -2.32. The Bertz CT molecular complexity index is 1120. The van der Waals surface area contributed by atoms with Gasteiger partial charge in [0.25, 0.3) is 5.91 Å². The van der Waals surface area contributed by atoms with Gasteiger partial charge < -0.3 is 15.8 Å². The molecule has 182 valence electrons. The minimum Gasteiger partial charge on any atom is -0.410 e. The van der Waals surface area contributed by atoms with Crippen molar-refractivity contribution >= 4 is 22.0 Å². The molecule has 1 aliphatic heterocycles. The number of carbonyl (C=O) groups is 2. The Morgan fingerprint density at radius 1 is 0.971 bits per heavy atom. The van der Waals surface area contributed by atoms with Crippen LogP contribution in [0.2, 0.25) is 0 Å². The third kappa shape index (κ3) is 5.21. The molecule has 2 amide bonds. The maximum absolute atomic E-state index is 13.4. The number of benzene rings is 2. The maximum atomic E-state index is 13.4. The van der Waals surface area contributed by atoms with Gasteiger partial charge >= 0.3 is 6.09 Å².